The van der Waals surface area contributed by atoms with Crippen molar-refractivity contribution in [3.05, 3.63) is 34.3 Å². The van der Waals surface area contributed by atoms with E-state index >= 15 is 0 Å². The van der Waals surface area contributed by atoms with E-state index in [0.717, 1.165) is 43.2 Å². The lowest BCUT2D eigenvalue weighted by atomic mass is 9.55. The maximum absolute atomic E-state index is 13.8. The third kappa shape index (κ3) is 4.79. The van der Waals surface area contributed by atoms with Gasteiger partial charge in [0, 0.05) is 29.7 Å². The summed E-state index contributed by atoms with van der Waals surface area (Å²) in [5.74, 6) is -3.00. The molecule has 0 aromatic heterocycles. The number of aryl methyl sites for hydroxylation is 1. The molecule has 0 spiro atoms. The minimum absolute atomic E-state index is 0.149. The van der Waals surface area contributed by atoms with Gasteiger partial charge >= 0.3 is 0 Å². The summed E-state index contributed by atoms with van der Waals surface area (Å²) in [5, 5.41) is 0.669. The van der Waals surface area contributed by atoms with Gasteiger partial charge in [-0.1, -0.05) is 64.8 Å². The van der Waals surface area contributed by atoms with Crippen LogP contribution < -0.4 is 0 Å². The molecule has 3 aliphatic rings. The molecule has 3 fully saturated rings. The number of hydrogen-bond donors (Lipinski definition) is 0. The number of rotatable bonds is 6. The minimum Gasteiger partial charge on any atom is -0.279 e. The Morgan fingerprint density at radius 3 is 2.32 bits per heavy atom. The average molecular weight is 494 g/mol. The highest BCUT2D eigenvalue weighted by Gasteiger charge is 2.59. The first kappa shape index (κ1) is 25.6. The lowest BCUT2D eigenvalue weighted by Crippen LogP contribution is -2.64. The summed E-state index contributed by atoms with van der Waals surface area (Å²) >= 11 is 6.71. The lowest BCUT2D eigenvalue weighted by Gasteiger charge is -2.54. The molecular weight excluding hydrogens is 456 g/mol. The molecule has 1 aromatic carbocycles. The van der Waals surface area contributed by atoms with Crippen LogP contribution in [-0.2, 0) is 21.4 Å². The zero-order chi connectivity index (χ0) is 25.1. The van der Waals surface area contributed by atoms with Crippen molar-refractivity contribution in [3.8, 4) is 0 Å². The molecule has 0 radical (unpaired) electrons. The zero-order valence-electron chi connectivity index (χ0n) is 21.1. The van der Waals surface area contributed by atoms with Gasteiger partial charge in [0.25, 0.3) is 5.92 Å². The van der Waals surface area contributed by atoms with Gasteiger partial charge in [0.05, 0.1) is 12.0 Å². The van der Waals surface area contributed by atoms with E-state index in [1.165, 1.54) is 4.90 Å². The number of halogens is 3. The van der Waals surface area contributed by atoms with Crippen LogP contribution in [0.1, 0.15) is 90.7 Å². The molecule has 1 heterocycles. The van der Waals surface area contributed by atoms with Crippen molar-refractivity contribution in [3.63, 3.8) is 0 Å². The zero-order valence-corrected chi connectivity index (χ0v) is 21.9. The van der Waals surface area contributed by atoms with Gasteiger partial charge in [-0.2, -0.15) is 0 Å². The first-order valence-electron chi connectivity index (χ1n) is 12.8. The number of hydrogen-bond acceptors (Lipinski definition) is 2. The van der Waals surface area contributed by atoms with Crippen molar-refractivity contribution in [2.24, 2.45) is 23.2 Å². The van der Waals surface area contributed by atoms with Crippen molar-refractivity contribution >= 4 is 23.4 Å². The van der Waals surface area contributed by atoms with Gasteiger partial charge in [-0.25, -0.2) is 8.78 Å². The molecule has 6 heteroatoms. The average Bonchev–Trinajstić information content (AvgIpc) is 2.66. The molecule has 1 unspecified atom stereocenters. The topological polar surface area (TPSA) is 37.4 Å². The number of imide groups is 1. The first-order valence-corrected chi connectivity index (χ1v) is 13.1. The number of piperidine rings is 1. The summed E-state index contributed by atoms with van der Waals surface area (Å²) in [6.45, 7) is 10.8. The number of carbonyl (C=O) groups is 2. The van der Waals surface area contributed by atoms with Gasteiger partial charge in [-0.3, -0.25) is 14.5 Å². The van der Waals surface area contributed by atoms with Gasteiger partial charge in [0.1, 0.15) is 0 Å². The molecule has 2 amide bonds. The smallest absolute Gasteiger partial charge is 0.252 e. The van der Waals surface area contributed by atoms with E-state index in [4.69, 9.17) is 11.6 Å². The second-order valence-electron chi connectivity index (χ2n) is 12.5. The Morgan fingerprint density at radius 2 is 1.79 bits per heavy atom. The Hall–Kier alpha value is -1.49. The van der Waals surface area contributed by atoms with Crippen LogP contribution in [0.3, 0.4) is 0 Å². The molecule has 4 rings (SSSR count). The van der Waals surface area contributed by atoms with Gasteiger partial charge < -0.3 is 0 Å². The number of amides is 2. The minimum atomic E-state index is -2.78. The van der Waals surface area contributed by atoms with Crippen LogP contribution in [-0.4, -0.2) is 28.7 Å². The predicted molar refractivity (Wildman–Crippen MR) is 131 cm³/mol. The van der Waals surface area contributed by atoms with Crippen molar-refractivity contribution < 1.29 is 18.4 Å². The summed E-state index contributed by atoms with van der Waals surface area (Å²) in [7, 11) is 0. The maximum atomic E-state index is 13.8. The number of alkyl halides is 2. The Bertz CT molecular complexity index is 958. The molecule has 1 aliphatic heterocycles. The van der Waals surface area contributed by atoms with Gasteiger partial charge in [0.15, 0.2) is 0 Å². The Labute approximate surface area is 207 Å². The third-order valence-corrected chi connectivity index (χ3v) is 8.94. The molecule has 0 bridgehead atoms. The Balaban J connectivity index is 1.64. The maximum Gasteiger partial charge on any atom is 0.252 e. The van der Waals surface area contributed by atoms with E-state index in [1.54, 1.807) is 0 Å². The van der Waals surface area contributed by atoms with E-state index in [-0.39, 0.29) is 29.6 Å². The highest BCUT2D eigenvalue weighted by atomic mass is 35.5. The lowest BCUT2D eigenvalue weighted by molar-refractivity contribution is -0.178. The molecule has 188 valence electrons. The number of benzene rings is 1. The Kier molecular flexibility index (Phi) is 6.68. The molecule has 1 aromatic rings. The normalized spacial score (nSPS) is 31.9. The second kappa shape index (κ2) is 8.87. The van der Waals surface area contributed by atoms with Gasteiger partial charge in [-0.05, 0) is 60.1 Å². The molecule has 0 N–H and O–H groups in total. The molecular formula is C28H38ClF2NO2. The predicted octanol–water partition coefficient (Wildman–Crippen LogP) is 7.19. The fraction of sp³-hybridized carbons (Fsp3) is 0.714. The summed E-state index contributed by atoms with van der Waals surface area (Å²) < 4.78 is 27.2. The summed E-state index contributed by atoms with van der Waals surface area (Å²) in [6.07, 6.45) is 4.16. The van der Waals surface area contributed by atoms with E-state index in [9.17, 15) is 18.4 Å². The third-order valence-electron chi connectivity index (χ3n) is 8.59. The van der Waals surface area contributed by atoms with Crippen molar-refractivity contribution in [2.75, 3.05) is 0 Å². The number of nitrogens with zero attached hydrogens (tertiary/aromatic N) is 1. The molecule has 2 atom stereocenters. The van der Waals surface area contributed by atoms with Crippen LogP contribution in [0.4, 0.5) is 8.78 Å². The second-order valence-corrected chi connectivity index (χ2v) is 12.9. The van der Waals surface area contributed by atoms with Crippen LogP contribution >= 0.6 is 11.6 Å². The molecule has 1 saturated heterocycles. The summed E-state index contributed by atoms with van der Waals surface area (Å²) in [4.78, 5) is 28.2. The van der Waals surface area contributed by atoms with E-state index in [0.29, 0.717) is 10.9 Å². The number of likely N-dealkylation sites (tertiary alicyclic amines) is 1. The van der Waals surface area contributed by atoms with Crippen LogP contribution in [0, 0.1) is 23.2 Å². The highest BCUT2D eigenvalue weighted by Crippen LogP contribution is 2.54. The van der Waals surface area contributed by atoms with Gasteiger partial charge in [0.2, 0.25) is 11.8 Å². The molecule has 34 heavy (non-hydrogen) atoms. The SMILES string of the molecule is CCC1CC(C2C(=O)N(C3CC(F)(F)C3)C(=O)C[C@@]2(C)c2ccc(CCC(C)(C)C)c(Cl)c2)C1. The largest absolute Gasteiger partial charge is 0.279 e. The standard InChI is InChI=1S/C28H38ClF2NO2/c1-6-17-11-19(12-17)24-25(34)32(21-14-28(30,31)15-21)23(33)16-27(24,5)20-8-7-18(22(29)13-20)9-10-26(2,3)4/h7-8,13,17,19,21,24H,6,9-12,14-16H2,1-5H3/t17?,19?,24?,27-/m0/s1. The van der Waals surface area contributed by atoms with E-state index < -0.39 is 36.1 Å². The van der Waals surface area contributed by atoms with Crippen molar-refractivity contribution in [1.29, 1.82) is 0 Å². The number of carbonyl (C=O) groups excluding carboxylic acids is 2. The molecule has 2 saturated carbocycles. The highest BCUT2D eigenvalue weighted by molar-refractivity contribution is 6.31. The first-order chi connectivity index (χ1) is 15.7. The summed E-state index contributed by atoms with van der Waals surface area (Å²) in [6, 6.07) is 5.33. The van der Waals surface area contributed by atoms with E-state index in [2.05, 4.69) is 27.7 Å². The van der Waals surface area contributed by atoms with Crippen LogP contribution in [0.5, 0.6) is 0 Å². The quantitative estimate of drug-likeness (QED) is 0.393. The van der Waals surface area contributed by atoms with Crippen LogP contribution in [0.2, 0.25) is 5.02 Å². The molecule has 2 aliphatic carbocycles. The Morgan fingerprint density at radius 1 is 1.15 bits per heavy atom. The fourth-order valence-corrected chi connectivity index (χ4v) is 6.54. The van der Waals surface area contributed by atoms with Crippen molar-refractivity contribution in [1.82, 2.24) is 4.90 Å². The fourth-order valence-electron chi connectivity index (χ4n) is 6.26. The monoisotopic (exact) mass is 493 g/mol. The van der Waals surface area contributed by atoms with Crippen LogP contribution in [0.25, 0.3) is 0 Å². The van der Waals surface area contributed by atoms with E-state index in [1.807, 2.05) is 25.1 Å². The van der Waals surface area contributed by atoms with Crippen molar-refractivity contribution in [2.45, 2.75) is 103 Å². The van der Waals surface area contributed by atoms with Gasteiger partial charge in [-0.15, -0.1) is 0 Å². The van der Waals surface area contributed by atoms with Crippen LogP contribution in [0.15, 0.2) is 18.2 Å². The molecule has 3 nitrogen and oxygen atoms in total. The summed E-state index contributed by atoms with van der Waals surface area (Å²) in [5.41, 5.74) is 1.49.